The van der Waals surface area contributed by atoms with Crippen LogP contribution in [-0.4, -0.2) is 42.0 Å². The molecule has 0 aliphatic heterocycles. The lowest BCUT2D eigenvalue weighted by molar-refractivity contribution is 0.402. The van der Waals surface area contributed by atoms with Crippen molar-refractivity contribution in [3.63, 3.8) is 0 Å². The van der Waals surface area contributed by atoms with Crippen molar-refractivity contribution in [2.24, 2.45) is 11.8 Å². The molecule has 0 saturated heterocycles. The molecule has 3 rings (SSSR count). The maximum Gasteiger partial charge on any atom is 0.280 e. The Balaban J connectivity index is 2.32. The highest BCUT2D eigenvalue weighted by Gasteiger charge is 2.22. The van der Waals surface area contributed by atoms with Crippen LogP contribution in [0.25, 0.3) is 23.9 Å². The van der Waals surface area contributed by atoms with E-state index in [4.69, 9.17) is 0 Å². The number of unbranched alkanes of at least 4 members (excludes halogenated alkanes) is 2. The second-order valence-electron chi connectivity index (χ2n) is 12.9. The van der Waals surface area contributed by atoms with Crippen molar-refractivity contribution in [3.8, 4) is 17.1 Å². The van der Waals surface area contributed by atoms with Gasteiger partial charge in [0.25, 0.3) is 5.56 Å². The number of aryl methyl sites for hydroxylation is 2. The summed E-state index contributed by atoms with van der Waals surface area (Å²) >= 11 is 0. The van der Waals surface area contributed by atoms with Crippen LogP contribution in [-0.2, 0) is 0 Å². The standard InChI is InChI=1S/C38H58N4O2/c1-11-15-20-30(13-3)24-41(25-31(14-4)21-16-12-2)34-23-32(36(39-34)35-26(5)18-17-19-27(35)6)22-33-28(7)29(8)37(43)42(38(33)44)40(9)10/h17-19,22-23,30-31,39,43H,7,11-16,20-21,24-25H2,1-6,8-10H3/b33-22-. The normalized spacial score (nSPS) is 13.3. The number of nitrogens with zero attached hydrogens (tertiary/aromatic N) is 3. The van der Waals surface area contributed by atoms with E-state index < -0.39 is 0 Å². The lowest BCUT2D eigenvalue weighted by Crippen LogP contribution is -2.50. The van der Waals surface area contributed by atoms with Gasteiger partial charge in [-0.1, -0.05) is 91.0 Å². The van der Waals surface area contributed by atoms with E-state index >= 15 is 0 Å². The average molecular weight is 603 g/mol. The van der Waals surface area contributed by atoms with Crippen LogP contribution in [0.3, 0.4) is 0 Å². The Morgan fingerprint density at radius 1 is 0.955 bits per heavy atom. The third-order valence-corrected chi connectivity index (χ3v) is 9.39. The SMILES string of the molecule is C=c1c(C)c(O)n(N(C)C)c(=O)/c1=C\c1cc(N(CC(CC)CCCC)CC(CC)CCCC)[nH]c1-c1c(C)cccc1C. The van der Waals surface area contributed by atoms with Gasteiger partial charge in [-0.15, -0.1) is 0 Å². The lowest BCUT2D eigenvalue weighted by atomic mass is 9.95. The first kappa shape index (κ1) is 35.1. The largest absolute Gasteiger partial charge is 0.493 e. The Morgan fingerprint density at radius 3 is 1.98 bits per heavy atom. The van der Waals surface area contributed by atoms with E-state index in [9.17, 15) is 9.90 Å². The third kappa shape index (κ3) is 7.99. The monoisotopic (exact) mass is 602 g/mol. The first-order valence-electron chi connectivity index (χ1n) is 16.9. The topological polar surface area (TPSA) is 64.5 Å². The van der Waals surface area contributed by atoms with Crippen LogP contribution in [0, 0.1) is 32.6 Å². The molecule has 1 aromatic carbocycles. The fourth-order valence-electron chi connectivity index (χ4n) is 6.40. The Labute approximate surface area is 266 Å². The number of nitrogens with one attached hydrogen (secondary N) is 1. The van der Waals surface area contributed by atoms with Gasteiger partial charge in [-0.3, -0.25) is 4.79 Å². The summed E-state index contributed by atoms with van der Waals surface area (Å²) in [6.07, 6.45) is 11.7. The van der Waals surface area contributed by atoms with Gasteiger partial charge in [0.05, 0.1) is 5.69 Å². The summed E-state index contributed by atoms with van der Waals surface area (Å²) in [5.74, 6) is 2.27. The zero-order valence-corrected chi connectivity index (χ0v) is 29.0. The van der Waals surface area contributed by atoms with E-state index in [0.29, 0.717) is 27.8 Å². The van der Waals surface area contributed by atoms with E-state index in [1.807, 2.05) is 13.0 Å². The minimum atomic E-state index is -0.286. The molecule has 2 N–H and O–H groups in total. The molecule has 0 bridgehead atoms. The summed E-state index contributed by atoms with van der Waals surface area (Å²) in [6.45, 7) is 21.6. The maximum absolute atomic E-state index is 13.8. The van der Waals surface area contributed by atoms with Crippen molar-refractivity contribution in [2.45, 2.75) is 99.8 Å². The number of hydrogen-bond acceptors (Lipinski definition) is 4. The van der Waals surface area contributed by atoms with Gasteiger partial charge >= 0.3 is 0 Å². The molecule has 2 aromatic heterocycles. The molecule has 2 atom stereocenters. The van der Waals surface area contributed by atoms with Crippen LogP contribution < -0.4 is 25.9 Å². The van der Waals surface area contributed by atoms with E-state index in [1.54, 1.807) is 19.1 Å². The molecule has 0 radical (unpaired) electrons. The molecule has 242 valence electrons. The van der Waals surface area contributed by atoms with Crippen molar-refractivity contribution < 1.29 is 5.11 Å². The van der Waals surface area contributed by atoms with Crippen LogP contribution >= 0.6 is 0 Å². The summed E-state index contributed by atoms with van der Waals surface area (Å²) in [6, 6.07) is 8.63. The Bertz CT molecular complexity index is 1510. The van der Waals surface area contributed by atoms with Gasteiger partial charge in [0.2, 0.25) is 5.88 Å². The molecule has 0 fully saturated rings. The summed E-state index contributed by atoms with van der Waals surface area (Å²) in [7, 11) is 3.51. The van der Waals surface area contributed by atoms with E-state index in [1.165, 1.54) is 54.3 Å². The van der Waals surface area contributed by atoms with E-state index in [0.717, 1.165) is 48.6 Å². The fourth-order valence-corrected chi connectivity index (χ4v) is 6.40. The van der Waals surface area contributed by atoms with Gasteiger partial charge in [0, 0.05) is 49.1 Å². The highest BCUT2D eigenvalue weighted by Crippen LogP contribution is 2.34. The van der Waals surface area contributed by atoms with E-state index in [2.05, 4.69) is 82.3 Å². The van der Waals surface area contributed by atoms with Gasteiger partial charge in [0.1, 0.15) is 5.82 Å². The number of benzene rings is 1. The number of aromatic nitrogens is 2. The Morgan fingerprint density at radius 2 is 1.50 bits per heavy atom. The molecule has 44 heavy (non-hydrogen) atoms. The number of H-pyrrole nitrogens is 1. The number of rotatable bonds is 16. The molecule has 6 heteroatoms. The van der Waals surface area contributed by atoms with Crippen molar-refractivity contribution in [3.05, 3.63) is 67.3 Å². The fraction of sp³-hybridized carbons (Fsp3) is 0.553. The predicted octanol–water partition coefficient (Wildman–Crippen LogP) is 7.15. The molecular formula is C38H58N4O2. The molecule has 0 saturated carbocycles. The number of anilines is 1. The van der Waals surface area contributed by atoms with Crippen molar-refractivity contribution in [1.29, 1.82) is 0 Å². The lowest BCUT2D eigenvalue weighted by Gasteiger charge is -2.31. The van der Waals surface area contributed by atoms with Crippen LogP contribution in [0.4, 0.5) is 5.82 Å². The van der Waals surface area contributed by atoms with E-state index in [-0.39, 0.29) is 11.4 Å². The highest BCUT2D eigenvalue weighted by molar-refractivity contribution is 5.80. The predicted molar refractivity (Wildman–Crippen MR) is 190 cm³/mol. The zero-order valence-electron chi connectivity index (χ0n) is 29.0. The molecule has 0 aliphatic rings. The van der Waals surface area contributed by atoms with Gasteiger partial charge < -0.3 is 20.0 Å². The summed E-state index contributed by atoms with van der Waals surface area (Å²) in [4.78, 5) is 20.2. The minimum absolute atomic E-state index is 0.0755. The molecule has 3 aromatic rings. The number of aromatic hydroxyl groups is 1. The number of aromatic amines is 1. The zero-order chi connectivity index (χ0) is 32.6. The molecular weight excluding hydrogens is 544 g/mol. The quantitative estimate of drug-likeness (QED) is 0.183. The van der Waals surface area contributed by atoms with Gasteiger partial charge in [-0.2, -0.15) is 4.68 Å². The molecule has 0 aliphatic carbocycles. The van der Waals surface area contributed by atoms with Gasteiger partial charge in [-0.05, 0) is 73.9 Å². The number of hydrogen-bond donors (Lipinski definition) is 2. The van der Waals surface area contributed by atoms with Gasteiger partial charge in [0.15, 0.2) is 0 Å². The Hall–Kier alpha value is -3.41. The van der Waals surface area contributed by atoms with Crippen LogP contribution in [0.2, 0.25) is 0 Å². The smallest absolute Gasteiger partial charge is 0.280 e. The number of pyridine rings is 1. The summed E-state index contributed by atoms with van der Waals surface area (Å²) in [5, 5.41) is 13.4. The third-order valence-electron chi connectivity index (χ3n) is 9.39. The second kappa shape index (κ2) is 16.1. The first-order chi connectivity index (χ1) is 21.0. The first-order valence-corrected chi connectivity index (χ1v) is 16.9. The maximum atomic E-state index is 13.8. The molecule has 2 unspecified atom stereocenters. The Kier molecular flexibility index (Phi) is 12.8. The van der Waals surface area contributed by atoms with Crippen molar-refractivity contribution in [1.82, 2.24) is 9.66 Å². The minimum Gasteiger partial charge on any atom is -0.493 e. The van der Waals surface area contributed by atoms with Crippen LogP contribution in [0.15, 0.2) is 29.1 Å². The van der Waals surface area contributed by atoms with Crippen LogP contribution in [0.5, 0.6) is 5.88 Å². The molecule has 2 heterocycles. The van der Waals surface area contributed by atoms with Crippen LogP contribution in [0.1, 0.15) is 101 Å². The summed E-state index contributed by atoms with van der Waals surface area (Å²) in [5.41, 5.74) is 5.82. The molecule has 0 spiro atoms. The molecule has 6 nitrogen and oxygen atoms in total. The highest BCUT2D eigenvalue weighted by atomic mass is 16.3. The summed E-state index contributed by atoms with van der Waals surface area (Å²) < 4.78 is 1.31. The second-order valence-corrected chi connectivity index (χ2v) is 12.9. The van der Waals surface area contributed by atoms with Gasteiger partial charge in [-0.25, -0.2) is 0 Å². The van der Waals surface area contributed by atoms with Crippen molar-refractivity contribution in [2.75, 3.05) is 37.1 Å². The van der Waals surface area contributed by atoms with Crippen molar-refractivity contribution >= 4 is 18.5 Å². The molecule has 0 amide bonds. The average Bonchev–Trinajstić information content (AvgIpc) is 3.40.